The van der Waals surface area contributed by atoms with E-state index in [1.165, 1.54) is 7.11 Å². The molecule has 0 unspecified atom stereocenters. The first-order valence-electron chi connectivity index (χ1n) is 7.12. The lowest BCUT2D eigenvalue weighted by Gasteiger charge is -2.06. The standard InChI is InChI=1S/C18H15BrClNO2/c1-10-3-4-11(6-14(10)18(22)23-2)5-13-7-12-8-16(20)15(19)9-17(12)21-13/h3-4,6-9,21H,5H2,1-2H3. The highest BCUT2D eigenvalue weighted by Crippen LogP contribution is 2.29. The van der Waals surface area contributed by atoms with Crippen LogP contribution in [0.5, 0.6) is 0 Å². The quantitative estimate of drug-likeness (QED) is 0.617. The van der Waals surface area contributed by atoms with Crippen molar-refractivity contribution >= 4 is 44.4 Å². The van der Waals surface area contributed by atoms with Crippen molar-refractivity contribution in [2.24, 2.45) is 0 Å². The van der Waals surface area contributed by atoms with Crippen LogP contribution >= 0.6 is 27.5 Å². The number of halogens is 2. The third-order valence-corrected chi connectivity index (χ3v) is 5.02. The van der Waals surface area contributed by atoms with Gasteiger partial charge in [0.2, 0.25) is 0 Å². The number of aromatic nitrogens is 1. The van der Waals surface area contributed by atoms with Crippen LogP contribution in [-0.2, 0) is 11.2 Å². The minimum Gasteiger partial charge on any atom is -0.465 e. The third-order valence-electron chi connectivity index (χ3n) is 3.82. The van der Waals surface area contributed by atoms with Crippen molar-refractivity contribution in [1.82, 2.24) is 4.98 Å². The first-order valence-corrected chi connectivity index (χ1v) is 8.29. The lowest BCUT2D eigenvalue weighted by atomic mass is 10.0. The van der Waals surface area contributed by atoms with Gasteiger partial charge in [-0.05, 0) is 58.2 Å². The number of ether oxygens (including phenoxy) is 1. The first-order chi connectivity index (χ1) is 11.0. The summed E-state index contributed by atoms with van der Waals surface area (Å²) in [5.74, 6) is -0.309. The number of aromatic amines is 1. The van der Waals surface area contributed by atoms with Gasteiger partial charge in [-0.2, -0.15) is 0 Å². The molecule has 0 aliphatic rings. The number of hydrogen-bond donors (Lipinski definition) is 1. The predicted molar refractivity (Wildman–Crippen MR) is 96.3 cm³/mol. The monoisotopic (exact) mass is 391 g/mol. The largest absolute Gasteiger partial charge is 0.465 e. The molecule has 0 saturated carbocycles. The normalized spacial score (nSPS) is 11.0. The Morgan fingerprint density at radius 2 is 2.04 bits per heavy atom. The fraction of sp³-hybridized carbons (Fsp3) is 0.167. The SMILES string of the molecule is COC(=O)c1cc(Cc2cc3cc(Cl)c(Br)cc3[nH]2)ccc1C. The number of rotatable bonds is 3. The number of esters is 1. The van der Waals surface area contributed by atoms with E-state index in [9.17, 15) is 4.79 Å². The molecule has 3 nitrogen and oxygen atoms in total. The van der Waals surface area contributed by atoms with Crippen molar-refractivity contribution in [1.29, 1.82) is 0 Å². The molecule has 0 aliphatic carbocycles. The van der Waals surface area contributed by atoms with Gasteiger partial charge in [0.15, 0.2) is 0 Å². The fourth-order valence-electron chi connectivity index (χ4n) is 2.61. The molecular weight excluding hydrogens is 378 g/mol. The van der Waals surface area contributed by atoms with Gasteiger partial charge in [0, 0.05) is 27.5 Å². The van der Waals surface area contributed by atoms with Crippen LogP contribution in [0.25, 0.3) is 10.9 Å². The predicted octanol–water partition coefficient (Wildman–Crippen LogP) is 5.27. The Balaban J connectivity index is 1.94. The van der Waals surface area contributed by atoms with Gasteiger partial charge in [0.25, 0.3) is 0 Å². The number of nitrogens with one attached hydrogen (secondary N) is 1. The molecule has 0 atom stereocenters. The Kier molecular flexibility index (Phi) is 4.46. The van der Waals surface area contributed by atoms with Crippen LogP contribution in [-0.4, -0.2) is 18.1 Å². The second kappa shape index (κ2) is 6.38. The molecule has 0 amide bonds. The number of hydrogen-bond acceptors (Lipinski definition) is 2. The number of methoxy groups -OCH3 is 1. The molecule has 1 aromatic heterocycles. The van der Waals surface area contributed by atoms with Crippen molar-refractivity contribution in [3.05, 3.63) is 68.3 Å². The number of fused-ring (bicyclic) bond motifs is 1. The van der Waals surface area contributed by atoms with Crippen LogP contribution in [0, 0.1) is 6.92 Å². The number of H-pyrrole nitrogens is 1. The summed E-state index contributed by atoms with van der Waals surface area (Å²) in [6.45, 7) is 1.90. The maximum atomic E-state index is 11.8. The zero-order chi connectivity index (χ0) is 16.6. The summed E-state index contributed by atoms with van der Waals surface area (Å²) in [6, 6.07) is 11.8. The maximum absolute atomic E-state index is 11.8. The molecule has 3 aromatic rings. The molecule has 1 N–H and O–H groups in total. The Labute approximate surface area is 147 Å². The Bertz CT molecular complexity index is 862. The Hall–Kier alpha value is -1.78. The zero-order valence-corrected chi connectivity index (χ0v) is 15.1. The number of carbonyl (C=O) groups excluding carboxylic acids is 1. The number of aryl methyl sites for hydroxylation is 1. The van der Waals surface area contributed by atoms with Crippen LogP contribution < -0.4 is 0 Å². The lowest BCUT2D eigenvalue weighted by molar-refractivity contribution is 0.0600. The summed E-state index contributed by atoms with van der Waals surface area (Å²) < 4.78 is 5.69. The van der Waals surface area contributed by atoms with E-state index in [4.69, 9.17) is 16.3 Å². The average molecular weight is 393 g/mol. The second-order valence-electron chi connectivity index (χ2n) is 5.47. The topological polar surface area (TPSA) is 42.1 Å². The highest BCUT2D eigenvalue weighted by Gasteiger charge is 2.11. The Morgan fingerprint density at radius 3 is 2.78 bits per heavy atom. The van der Waals surface area contributed by atoms with Gasteiger partial charge in [-0.3, -0.25) is 0 Å². The molecule has 5 heteroatoms. The van der Waals surface area contributed by atoms with E-state index in [0.29, 0.717) is 17.0 Å². The summed E-state index contributed by atoms with van der Waals surface area (Å²) >= 11 is 9.56. The molecule has 23 heavy (non-hydrogen) atoms. The minimum absolute atomic E-state index is 0.309. The van der Waals surface area contributed by atoms with Crippen molar-refractivity contribution in [3.8, 4) is 0 Å². The summed E-state index contributed by atoms with van der Waals surface area (Å²) in [5.41, 5.74) is 4.65. The molecule has 0 aliphatic heterocycles. The van der Waals surface area contributed by atoms with Crippen molar-refractivity contribution in [3.63, 3.8) is 0 Å². The van der Waals surface area contributed by atoms with Gasteiger partial charge < -0.3 is 9.72 Å². The lowest BCUT2D eigenvalue weighted by Crippen LogP contribution is -2.04. The van der Waals surface area contributed by atoms with E-state index in [1.54, 1.807) is 0 Å². The average Bonchev–Trinajstić information content (AvgIpc) is 2.90. The van der Waals surface area contributed by atoms with E-state index < -0.39 is 0 Å². The third kappa shape index (κ3) is 3.28. The van der Waals surface area contributed by atoms with Crippen molar-refractivity contribution in [2.45, 2.75) is 13.3 Å². The summed E-state index contributed by atoms with van der Waals surface area (Å²) in [5, 5.41) is 1.75. The molecule has 0 saturated heterocycles. The molecule has 1 heterocycles. The summed E-state index contributed by atoms with van der Waals surface area (Å²) in [7, 11) is 1.40. The second-order valence-corrected chi connectivity index (χ2v) is 6.73. The van der Waals surface area contributed by atoms with Gasteiger partial charge in [-0.1, -0.05) is 23.7 Å². The van der Waals surface area contributed by atoms with E-state index in [0.717, 1.165) is 32.2 Å². The van der Waals surface area contributed by atoms with E-state index in [2.05, 4.69) is 27.0 Å². The summed E-state index contributed by atoms with van der Waals surface area (Å²) in [4.78, 5) is 15.2. The highest BCUT2D eigenvalue weighted by molar-refractivity contribution is 9.10. The van der Waals surface area contributed by atoms with Crippen LogP contribution in [0.3, 0.4) is 0 Å². The van der Waals surface area contributed by atoms with Crippen LogP contribution in [0.1, 0.15) is 27.2 Å². The molecule has 0 bridgehead atoms. The van der Waals surface area contributed by atoms with Crippen LogP contribution in [0.2, 0.25) is 5.02 Å². The van der Waals surface area contributed by atoms with Gasteiger partial charge in [-0.15, -0.1) is 0 Å². The molecule has 2 aromatic carbocycles. The van der Waals surface area contributed by atoms with Gasteiger partial charge in [0.05, 0.1) is 17.7 Å². The van der Waals surface area contributed by atoms with E-state index in [-0.39, 0.29) is 5.97 Å². The Morgan fingerprint density at radius 1 is 1.26 bits per heavy atom. The molecule has 3 rings (SSSR count). The molecular formula is C18H15BrClNO2. The minimum atomic E-state index is -0.309. The van der Waals surface area contributed by atoms with Crippen molar-refractivity contribution in [2.75, 3.05) is 7.11 Å². The molecule has 118 valence electrons. The zero-order valence-electron chi connectivity index (χ0n) is 12.7. The highest BCUT2D eigenvalue weighted by atomic mass is 79.9. The first kappa shape index (κ1) is 16.1. The van der Waals surface area contributed by atoms with Crippen molar-refractivity contribution < 1.29 is 9.53 Å². The van der Waals surface area contributed by atoms with E-state index >= 15 is 0 Å². The smallest absolute Gasteiger partial charge is 0.338 e. The summed E-state index contributed by atoms with van der Waals surface area (Å²) in [6.07, 6.45) is 0.703. The van der Waals surface area contributed by atoms with Gasteiger partial charge in [0.1, 0.15) is 0 Å². The number of benzene rings is 2. The van der Waals surface area contributed by atoms with Crippen LogP contribution in [0.15, 0.2) is 40.9 Å². The van der Waals surface area contributed by atoms with E-state index in [1.807, 2.05) is 37.3 Å². The molecule has 0 spiro atoms. The number of carbonyl (C=O) groups is 1. The maximum Gasteiger partial charge on any atom is 0.338 e. The van der Waals surface area contributed by atoms with Gasteiger partial charge in [-0.25, -0.2) is 4.79 Å². The molecule has 0 radical (unpaired) electrons. The molecule has 0 fully saturated rings. The van der Waals surface area contributed by atoms with Gasteiger partial charge >= 0.3 is 5.97 Å². The van der Waals surface area contributed by atoms with Crippen LogP contribution in [0.4, 0.5) is 0 Å². The fourth-order valence-corrected chi connectivity index (χ4v) is 3.13.